The molecule has 0 aliphatic rings. The number of anilines is 1. The maximum atomic E-state index is 11.9. The number of hydrogen-bond acceptors (Lipinski definition) is 4. The molecular weight excluding hydrogens is 238 g/mol. The molecule has 0 unspecified atom stereocenters. The number of nitrogens with zero attached hydrogens (tertiary/aromatic N) is 1. The van der Waals surface area contributed by atoms with Gasteiger partial charge in [0.25, 0.3) is 0 Å². The summed E-state index contributed by atoms with van der Waals surface area (Å²) in [4.78, 5) is 15.9. The molecule has 1 aromatic heterocycles. The number of ketones is 1. The summed E-state index contributed by atoms with van der Waals surface area (Å²) in [5, 5.41) is 3.22. The van der Waals surface area contributed by atoms with E-state index in [1.54, 1.807) is 30.5 Å². The van der Waals surface area contributed by atoms with Crippen LogP contribution in [0.2, 0.25) is 0 Å². The molecule has 2 aromatic rings. The fourth-order valence-electron chi connectivity index (χ4n) is 1.79. The average Bonchev–Trinajstić information content (AvgIpc) is 2.44. The minimum atomic E-state index is 0.103. The Bertz CT molecular complexity index is 540. The summed E-state index contributed by atoms with van der Waals surface area (Å²) in [6.07, 6.45) is 4.02. The van der Waals surface area contributed by atoms with Crippen LogP contribution in [-0.4, -0.2) is 17.3 Å². The fraction of sp³-hybridized carbons (Fsp3) is 0.200. The van der Waals surface area contributed by atoms with E-state index < -0.39 is 0 Å². The number of nitrogens with two attached hydrogens (primary N) is 1. The number of carbonyl (C=O) groups is 1. The highest BCUT2D eigenvalue weighted by molar-refractivity contribution is 5.96. The van der Waals surface area contributed by atoms with Gasteiger partial charge in [0.05, 0.1) is 0 Å². The molecule has 4 nitrogen and oxygen atoms in total. The molecule has 1 aromatic carbocycles. The number of hydrogen-bond donors (Lipinski definition) is 2. The maximum absolute atomic E-state index is 11.9. The topological polar surface area (TPSA) is 68.0 Å². The van der Waals surface area contributed by atoms with Gasteiger partial charge in [0.1, 0.15) is 0 Å². The van der Waals surface area contributed by atoms with Crippen LogP contribution in [0.1, 0.15) is 22.3 Å². The molecule has 0 atom stereocenters. The van der Waals surface area contributed by atoms with Crippen molar-refractivity contribution in [3.63, 3.8) is 0 Å². The predicted molar refractivity (Wildman–Crippen MR) is 75.7 cm³/mol. The molecule has 0 bridgehead atoms. The van der Waals surface area contributed by atoms with E-state index in [0.717, 1.165) is 12.1 Å². The van der Waals surface area contributed by atoms with E-state index in [4.69, 9.17) is 5.73 Å². The van der Waals surface area contributed by atoms with Crippen molar-refractivity contribution in [3.8, 4) is 0 Å². The molecule has 0 saturated carbocycles. The summed E-state index contributed by atoms with van der Waals surface area (Å²) in [6.45, 7) is 1.36. The first-order valence-corrected chi connectivity index (χ1v) is 6.24. The van der Waals surface area contributed by atoms with E-state index in [1.807, 2.05) is 18.3 Å². The van der Waals surface area contributed by atoms with Crippen molar-refractivity contribution >= 4 is 11.5 Å². The molecule has 19 heavy (non-hydrogen) atoms. The smallest absolute Gasteiger partial charge is 0.164 e. The summed E-state index contributed by atoms with van der Waals surface area (Å²) in [5.74, 6) is 0.103. The number of aromatic nitrogens is 1. The van der Waals surface area contributed by atoms with Crippen LogP contribution in [-0.2, 0) is 6.54 Å². The Hall–Kier alpha value is -2.20. The van der Waals surface area contributed by atoms with Crippen LogP contribution in [0.3, 0.4) is 0 Å². The lowest BCUT2D eigenvalue weighted by atomic mass is 10.1. The zero-order valence-electron chi connectivity index (χ0n) is 10.7. The molecule has 0 fully saturated rings. The maximum Gasteiger partial charge on any atom is 0.164 e. The molecular formula is C15H17N3O. The van der Waals surface area contributed by atoms with Gasteiger partial charge in [0.2, 0.25) is 0 Å². The minimum Gasteiger partial charge on any atom is -0.399 e. The highest BCUT2D eigenvalue weighted by atomic mass is 16.1. The zero-order chi connectivity index (χ0) is 13.5. The standard InChI is InChI=1S/C15H17N3O/c16-14-5-1-4-13(9-14)15(19)6-8-18-11-12-3-2-7-17-10-12/h1-5,7,9-10,18H,6,8,11,16H2. The second-order valence-corrected chi connectivity index (χ2v) is 4.34. The lowest BCUT2D eigenvalue weighted by Gasteiger charge is -2.05. The number of benzene rings is 1. The van der Waals surface area contributed by atoms with Crippen LogP contribution in [0.25, 0.3) is 0 Å². The monoisotopic (exact) mass is 255 g/mol. The van der Waals surface area contributed by atoms with Crippen LogP contribution >= 0.6 is 0 Å². The zero-order valence-corrected chi connectivity index (χ0v) is 10.7. The van der Waals surface area contributed by atoms with Crippen LogP contribution in [0.4, 0.5) is 5.69 Å². The highest BCUT2D eigenvalue weighted by Gasteiger charge is 2.05. The summed E-state index contributed by atoms with van der Waals surface area (Å²) >= 11 is 0. The molecule has 3 N–H and O–H groups in total. The Labute approximate surface area is 112 Å². The molecule has 0 radical (unpaired) electrons. The van der Waals surface area contributed by atoms with Gasteiger partial charge in [-0.05, 0) is 23.8 Å². The van der Waals surface area contributed by atoms with Crippen LogP contribution in [0.15, 0.2) is 48.8 Å². The van der Waals surface area contributed by atoms with Gasteiger partial charge in [-0.25, -0.2) is 0 Å². The summed E-state index contributed by atoms with van der Waals surface area (Å²) < 4.78 is 0. The lowest BCUT2D eigenvalue weighted by Crippen LogP contribution is -2.18. The predicted octanol–water partition coefficient (Wildman–Crippen LogP) is 2.03. The Morgan fingerprint density at radius 3 is 2.89 bits per heavy atom. The van der Waals surface area contributed by atoms with Gasteiger partial charge in [0, 0.05) is 43.2 Å². The van der Waals surface area contributed by atoms with Crippen molar-refractivity contribution in [2.45, 2.75) is 13.0 Å². The fourth-order valence-corrected chi connectivity index (χ4v) is 1.79. The van der Waals surface area contributed by atoms with Gasteiger partial charge in [-0.15, -0.1) is 0 Å². The number of pyridine rings is 1. The van der Waals surface area contributed by atoms with Gasteiger partial charge in [0.15, 0.2) is 5.78 Å². The van der Waals surface area contributed by atoms with Crippen molar-refractivity contribution in [3.05, 3.63) is 59.9 Å². The third-order valence-corrected chi connectivity index (χ3v) is 2.79. The van der Waals surface area contributed by atoms with Gasteiger partial charge >= 0.3 is 0 Å². The van der Waals surface area contributed by atoms with Crippen molar-refractivity contribution in [1.82, 2.24) is 10.3 Å². The van der Waals surface area contributed by atoms with E-state index in [1.165, 1.54) is 0 Å². The highest BCUT2D eigenvalue weighted by Crippen LogP contribution is 2.08. The van der Waals surface area contributed by atoms with E-state index in [9.17, 15) is 4.79 Å². The largest absolute Gasteiger partial charge is 0.399 e. The third-order valence-electron chi connectivity index (χ3n) is 2.79. The van der Waals surface area contributed by atoms with E-state index >= 15 is 0 Å². The molecule has 4 heteroatoms. The molecule has 0 amide bonds. The number of Topliss-reactive ketones (excluding diaryl/α,β-unsaturated/α-hetero) is 1. The van der Waals surface area contributed by atoms with Gasteiger partial charge in [-0.1, -0.05) is 18.2 Å². The quantitative estimate of drug-likeness (QED) is 0.471. The summed E-state index contributed by atoms with van der Waals surface area (Å²) in [7, 11) is 0. The molecule has 0 aliphatic carbocycles. The van der Waals surface area contributed by atoms with E-state index in [2.05, 4.69) is 10.3 Å². The Morgan fingerprint density at radius 2 is 2.16 bits per heavy atom. The first-order chi connectivity index (χ1) is 9.25. The Balaban J connectivity index is 1.75. The summed E-state index contributed by atoms with van der Waals surface area (Å²) in [5.41, 5.74) is 8.05. The molecule has 0 spiro atoms. The normalized spacial score (nSPS) is 10.3. The van der Waals surface area contributed by atoms with Gasteiger partial charge < -0.3 is 11.1 Å². The average molecular weight is 255 g/mol. The van der Waals surface area contributed by atoms with Crippen LogP contribution in [0, 0.1) is 0 Å². The second kappa shape index (κ2) is 6.66. The number of nitrogens with one attached hydrogen (secondary N) is 1. The summed E-state index contributed by atoms with van der Waals surface area (Å²) in [6, 6.07) is 11.0. The third kappa shape index (κ3) is 4.19. The number of nitrogen functional groups attached to an aromatic ring is 1. The van der Waals surface area contributed by atoms with E-state index in [0.29, 0.717) is 24.2 Å². The van der Waals surface area contributed by atoms with Gasteiger partial charge in [-0.2, -0.15) is 0 Å². The van der Waals surface area contributed by atoms with Crippen molar-refractivity contribution in [2.75, 3.05) is 12.3 Å². The van der Waals surface area contributed by atoms with Crippen LogP contribution < -0.4 is 11.1 Å². The van der Waals surface area contributed by atoms with Crippen molar-refractivity contribution < 1.29 is 4.79 Å². The van der Waals surface area contributed by atoms with Crippen LogP contribution in [0.5, 0.6) is 0 Å². The van der Waals surface area contributed by atoms with E-state index in [-0.39, 0.29) is 5.78 Å². The first-order valence-electron chi connectivity index (χ1n) is 6.24. The molecule has 2 rings (SSSR count). The molecule has 1 heterocycles. The first kappa shape index (κ1) is 13.2. The Kier molecular flexibility index (Phi) is 4.64. The minimum absolute atomic E-state index is 0.103. The molecule has 0 saturated heterocycles. The molecule has 98 valence electrons. The number of rotatable bonds is 6. The second-order valence-electron chi connectivity index (χ2n) is 4.34. The molecule has 0 aliphatic heterocycles. The van der Waals surface area contributed by atoms with Crippen molar-refractivity contribution in [1.29, 1.82) is 0 Å². The number of carbonyl (C=O) groups excluding carboxylic acids is 1. The Morgan fingerprint density at radius 1 is 1.26 bits per heavy atom. The lowest BCUT2D eigenvalue weighted by molar-refractivity contribution is 0.0982. The van der Waals surface area contributed by atoms with Gasteiger partial charge in [-0.3, -0.25) is 9.78 Å². The van der Waals surface area contributed by atoms with Crippen molar-refractivity contribution in [2.24, 2.45) is 0 Å². The SMILES string of the molecule is Nc1cccc(C(=O)CCNCc2cccnc2)c1.